The summed E-state index contributed by atoms with van der Waals surface area (Å²) in [6.07, 6.45) is 1.27. The Morgan fingerprint density at radius 3 is 2.50 bits per heavy atom. The fourth-order valence-corrected chi connectivity index (χ4v) is 1.93. The summed E-state index contributed by atoms with van der Waals surface area (Å²) >= 11 is 5.63. The van der Waals surface area contributed by atoms with Gasteiger partial charge in [-0.15, -0.1) is 0 Å². The number of nitrogens with zero attached hydrogens (tertiary/aromatic N) is 1. The quantitative estimate of drug-likeness (QED) is 0.636. The summed E-state index contributed by atoms with van der Waals surface area (Å²) in [6.45, 7) is -0.435. The van der Waals surface area contributed by atoms with Crippen molar-refractivity contribution in [3.05, 3.63) is 47.2 Å². The fourth-order valence-electron chi connectivity index (χ4n) is 1.82. The van der Waals surface area contributed by atoms with E-state index in [2.05, 4.69) is 10.3 Å². The third-order valence-corrected chi connectivity index (χ3v) is 3.19. The Balaban J connectivity index is 1.91. The number of halogens is 1. The zero-order chi connectivity index (χ0) is 17.5. The van der Waals surface area contributed by atoms with Gasteiger partial charge in [-0.25, -0.2) is 9.78 Å². The van der Waals surface area contributed by atoms with Crippen LogP contribution in [0.25, 0.3) is 0 Å². The average Bonchev–Trinajstić information content (AvgIpc) is 2.60. The van der Waals surface area contributed by atoms with Crippen LogP contribution in [0.2, 0.25) is 5.15 Å². The molecule has 2 rings (SSSR count). The fraction of sp³-hybridized carbons (Fsp3) is 0.188. The molecule has 0 atom stereocenters. The highest BCUT2D eigenvalue weighted by Crippen LogP contribution is 2.29. The van der Waals surface area contributed by atoms with E-state index in [0.717, 1.165) is 0 Å². The van der Waals surface area contributed by atoms with E-state index < -0.39 is 18.5 Å². The van der Waals surface area contributed by atoms with Gasteiger partial charge in [-0.1, -0.05) is 11.6 Å². The maximum atomic E-state index is 11.9. The number of carbonyl (C=O) groups is 2. The number of nitrogens with one attached hydrogen (secondary N) is 1. The number of hydrogen-bond acceptors (Lipinski definition) is 6. The van der Waals surface area contributed by atoms with Gasteiger partial charge in [0.25, 0.3) is 5.91 Å². The number of esters is 1. The van der Waals surface area contributed by atoms with Crippen molar-refractivity contribution in [2.75, 3.05) is 26.1 Å². The predicted molar refractivity (Wildman–Crippen MR) is 87.7 cm³/mol. The normalized spacial score (nSPS) is 9.96. The van der Waals surface area contributed by atoms with E-state index in [1.165, 1.54) is 32.5 Å². The smallest absolute Gasteiger partial charge is 0.340 e. The summed E-state index contributed by atoms with van der Waals surface area (Å²) in [5.74, 6) is -0.143. The van der Waals surface area contributed by atoms with E-state index in [9.17, 15) is 9.59 Å². The van der Waals surface area contributed by atoms with Crippen molar-refractivity contribution in [1.82, 2.24) is 4.98 Å². The Hall–Kier alpha value is -2.80. The average molecular weight is 351 g/mol. The van der Waals surface area contributed by atoms with Crippen LogP contribution < -0.4 is 14.8 Å². The molecular weight excluding hydrogens is 336 g/mol. The molecule has 1 aromatic heterocycles. The van der Waals surface area contributed by atoms with E-state index in [-0.39, 0.29) is 10.7 Å². The van der Waals surface area contributed by atoms with Gasteiger partial charge in [0.2, 0.25) is 0 Å². The van der Waals surface area contributed by atoms with Crippen molar-refractivity contribution in [3.63, 3.8) is 0 Å². The molecule has 0 bridgehead atoms. The largest absolute Gasteiger partial charge is 0.493 e. The van der Waals surface area contributed by atoms with Crippen LogP contribution in [0.4, 0.5) is 5.69 Å². The first-order valence-electron chi connectivity index (χ1n) is 6.84. The lowest BCUT2D eigenvalue weighted by Crippen LogP contribution is -2.21. The van der Waals surface area contributed by atoms with Gasteiger partial charge in [-0.05, 0) is 24.3 Å². The Labute approximate surface area is 143 Å². The summed E-state index contributed by atoms with van der Waals surface area (Å²) in [7, 11) is 3.01. The molecule has 126 valence electrons. The number of anilines is 1. The number of ether oxygens (including phenoxy) is 3. The Kier molecular flexibility index (Phi) is 5.97. The van der Waals surface area contributed by atoms with Crippen LogP contribution in [0, 0.1) is 0 Å². The van der Waals surface area contributed by atoms with Crippen molar-refractivity contribution in [2.45, 2.75) is 0 Å². The van der Waals surface area contributed by atoms with Crippen LogP contribution in [0.15, 0.2) is 36.5 Å². The lowest BCUT2D eigenvalue weighted by Gasteiger charge is -2.10. The molecule has 1 N–H and O–H groups in total. The van der Waals surface area contributed by atoms with Crippen LogP contribution >= 0.6 is 11.6 Å². The first-order chi connectivity index (χ1) is 11.5. The SMILES string of the molecule is COc1ccc(NC(=O)COC(=O)c2ccc(Cl)nc2)cc1OC. The van der Waals surface area contributed by atoms with Gasteiger partial charge < -0.3 is 19.5 Å². The number of rotatable bonds is 6. The number of carbonyl (C=O) groups excluding carboxylic acids is 2. The third-order valence-electron chi connectivity index (χ3n) is 2.96. The molecule has 0 aliphatic rings. The molecule has 0 saturated carbocycles. The summed E-state index contributed by atoms with van der Waals surface area (Å²) in [4.78, 5) is 27.4. The predicted octanol–water partition coefficient (Wildman–Crippen LogP) is 2.55. The van der Waals surface area contributed by atoms with Crippen LogP contribution in [0.5, 0.6) is 11.5 Å². The van der Waals surface area contributed by atoms with Crippen LogP contribution in [-0.2, 0) is 9.53 Å². The lowest BCUT2D eigenvalue weighted by molar-refractivity contribution is -0.119. The van der Waals surface area contributed by atoms with Crippen molar-refractivity contribution >= 4 is 29.2 Å². The van der Waals surface area contributed by atoms with Gasteiger partial charge in [0.05, 0.1) is 19.8 Å². The second-order valence-corrected chi connectivity index (χ2v) is 4.95. The second-order valence-electron chi connectivity index (χ2n) is 4.56. The molecule has 24 heavy (non-hydrogen) atoms. The number of aromatic nitrogens is 1. The van der Waals surface area contributed by atoms with Crippen molar-refractivity contribution < 1.29 is 23.8 Å². The van der Waals surface area contributed by atoms with Gasteiger partial charge in [0.15, 0.2) is 18.1 Å². The minimum absolute atomic E-state index is 0.207. The molecule has 2 aromatic rings. The molecule has 0 saturated heterocycles. The third kappa shape index (κ3) is 4.60. The number of benzene rings is 1. The van der Waals surface area contributed by atoms with E-state index in [1.807, 2.05) is 0 Å². The number of hydrogen-bond donors (Lipinski definition) is 1. The molecular formula is C16H15ClN2O5. The Morgan fingerprint density at radius 1 is 1.12 bits per heavy atom. The van der Waals surface area contributed by atoms with Gasteiger partial charge in [-0.3, -0.25) is 4.79 Å². The van der Waals surface area contributed by atoms with Gasteiger partial charge >= 0.3 is 5.97 Å². The molecule has 0 spiro atoms. The molecule has 7 nitrogen and oxygen atoms in total. The van der Waals surface area contributed by atoms with E-state index in [0.29, 0.717) is 17.2 Å². The molecule has 0 fully saturated rings. The maximum Gasteiger partial charge on any atom is 0.340 e. The molecule has 0 unspecified atom stereocenters. The maximum absolute atomic E-state index is 11.9. The molecule has 0 aliphatic heterocycles. The van der Waals surface area contributed by atoms with Crippen molar-refractivity contribution in [3.8, 4) is 11.5 Å². The first kappa shape index (κ1) is 17.6. The zero-order valence-electron chi connectivity index (χ0n) is 13.0. The molecule has 0 aliphatic carbocycles. The highest BCUT2D eigenvalue weighted by Gasteiger charge is 2.12. The number of amides is 1. The summed E-state index contributed by atoms with van der Waals surface area (Å²) in [5.41, 5.74) is 0.695. The molecule has 1 heterocycles. The lowest BCUT2D eigenvalue weighted by atomic mass is 10.2. The van der Waals surface area contributed by atoms with Crippen LogP contribution in [0.3, 0.4) is 0 Å². The highest BCUT2D eigenvalue weighted by atomic mass is 35.5. The van der Waals surface area contributed by atoms with Crippen LogP contribution in [0.1, 0.15) is 10.4 Å². The molecule has 8 heteroatoms. The van der Waals surface area contributed by atoms with E-state index >= 15 is 0 Å². The number of pyridine rings is 1. The molecule has 0 radical (unpaired) electrons. The van der Waals surface area contributed by atoms with Crippen molar-refractivity contribution in [2.24, 2.45) is 0 Å². The standard InChI is InChI=1S/C16H15ClN2O5/c1-22-12-5-4-11(7-13(12)23-2)19-15(20)9-24-16(21)10-3-6-14(17)18-8-10/h3-8H,9H2,1-2H3,(H,19,20). The van der Waals surface area contributed by atoms with E-state index in [1.54, 1.807) is 18.2 Å². The Morgan fingerprint density at radius 2 is 1.88 bits per heavy atom. The van der Waals surface area contributed by atoms with Gasteiger partial charge in [0, 0.05) is 18.0 Å². The van der Waals surface area contributed by atoms with Crippen LogP contribution in [-0.4, -0.2) is 37.7 Å². The summed E-state index contributed by atoms with van der Waals surface area (Å²) in [5, 5.41) is 2.86. The minimum atomic E-state index is -0.665. The van der Waals surface area contributed by atoms with Crippen molar-refractivity contribution in [1.29, 1.82) is 0 Å². The zero-order valence-corrected chi connectivity index (χ0v) is 13.8. The first-order valence-corrected chi connectivity index (χ1v) is 7.22. The molecule has 1 amide bonds. The highest BCUT2D eigenvalue weighted by molar-refractivity contribution is 6.29. The second kappa shape index (κ2) is 8.16. The molecule has 1 aromatic carbocycles. The van der Waals surface area contributed by atoms with Gasteiger partial charge in [0.1, 0.15) is 5.15 Å². The topological polar surface area (TPSA) is 86.8 Å². The minimum Gasteiger partial charge on any atom is -0.493 e. The summed E-state index contributed by atoms with van der Waals surface area (Å²) < 4.78 is 15.2. The monoisotopic (exact) mass is 350 g/mol. The number of methoxy groups -OCH3 is 2. The van der Waals surface area contributed by atoms with Gasteiger partial charge in [-0.2, -0.15) is 0 Å². The van der Waals surface area contributed by atoms with E-state index in [4.69, 9.17) is 25.8 Å². The Bertz CT molecular complexity index is 734. The summed E-state index contributed by atoms with van der Waals surface area (Å²) in [6, 6.07) is 7.82.